The van der Waals surface area contributed by atoms with Gasteiger partial charge in [-0.15, -0.1) is 11.3 Å². The number of carbonyl (C=O) groups excluding carboxylic acids is 1. The van der Waals surface area contributed by atoms with Crippen LogP contribution in [0.5, 0.6) is 5.75 Å². The maximum absolute atomic E-state index is 11.6. The quantitative estimate of drug-likeness (QED) is 0.710. The lowest BCUT2D eigenvalue weighted by atomic mass is 10.3. The fraction of sp³-hybridized carbons (Fsp3) is 0.200. The van der Waals surface area contributed by atoms with Gasteiger partial charge in [-0.3, -0.25) is 4.40 Å². The lowest BCUT2D eigenvalue weighted by Crippen LogP contribution is -2.02. The Labute approximate surface area is 142 Å². The maximum Gasteiger partial charge on any atom is 0.351 e. The van der Waals surface area contributed by atoms with Gasteiger partial charge in [-0.1, -0.05) is 6.07 Å². The highest BCUT2D eigenvalue weighted by Crippen LogP contribution is 2.36. The Hall–Kier alpha value is -2.39. The number of aromatic hydroxyl groups is 1. The molecular weight excluding hydrogens is 352 g/mol. The van der Waals surface area contributed by atoms with Gasteiger partial charge < -0.3 is 9.84 Å². The molecule has 0 saturated heterocycles. The van der Waals surface area contributed by atoms with Crippen LogP contribution in [0.3, 0.4) is 0 Å². The van der Waals surface area contributed by atoms with Crippen molar-refractivity contribution in [2.45, 2.75) is 5.75 Å². The maximum atomic E-state index is 11.6. The van der Waals surface area contributed by atoms with Gasteiger partial charge in [-0.25, -0.2) is 18.2 Å². The number of pyridine rings is 1. The summed E-state index contributed by atoms with van der Waals surface area (Å²) in [5.74, 6) is -0.858. The van der Waals surface area contributed by atoms with E-state index in [1.165, 1.54) is 19.4 Å². The second kappa shape index (κ2) is 5.91. The SMILES string of the molecule is COC(=O)c1sc(-c2cnc3ccc(CS(C)(=O)=O)cn23)cc1O. The molecule has 0 aliphatic heterocycles. The molecule has 3 rings (SSSR count). The van der Waals surface area contributed by atoms with Crippen LogP contribution >= 0.6 is 11.3 Å². The first kappa shape index (κ1) is 16.5. The van der Waals surface area contributed by atoms with Crippen molar-refractivity contribution in [3.63, 3.8) is 0 Å². The zero-order valence-corrected chi connectivity index (χ0v) is 14.5. The average Bonchev–Trinajstić information content (AvgIpc) is 3.07. The van der Waals surface area contributed by atoms with Crippen LogP contribution < -0.4 is 0 Å². The normalized spacial score (nSPS) is 11.8. The second-order valence-corrected chi connectivity index (χ2v) is 8.49. The highest BCUT2D eigenvalue weighted by atomic mass is 32.2. The van der Waals surface area contributed by atoms with E-state index in [4.69, 9.17) is 0 Å². The number of hydrogen-bond acceptors (Lipinski definition) is 7. The van der Waals surface area contributed by atoms with Crippen molar-refractivity contribution in [1.29, 1.82) is 0 Å². The van der Waals surface area contributed by atoms with E-state index in [0.29, 0.717) is 21.8 Å². The molecule has 0 saturated carbocycles. The number of ether oxygens (including phenoxy) is 1. The number of imidazole rings is 1. The van der Waals surface area contributed by atoms with Gasteiger partial charge in [0.1, 0.15) is 11.4 Å². The molecule has 0 unspecified atom stereocenters. The molecule has 24 heavy (non-hydrogen) atoms. The lowest BCUT2D eigenvalue weighted by Gasteiger charge is -2.03. The molecule has 0 spiro atoms. The molecule has 7 nitrogen and oxygen atoms in total. The minimum Gasteiger partial charge on any atom is -0.506 e. The van der Waals surface area contributed by atoms with Gasteiger partial charge in [0.25, 0.3) is 0 Å². The number of sulfone groups is 1. The molecule has 126 valence electrons. The summed E-state index contributed by atoms with van der Waals surface area (Å²) in [5, 5.41) is 9.91. The van der Waals surface area contributed by atoms with Crippen LogP contribution in [0.25, 0.3) is 16.2 Å². The molecule has 0 aliphatic rings. The Morgan fingerprint density at radius 3 is 2.83 bits per heavy atom. The predicted octanol–water partition coefficient (Wildman–Crippen LogP) is 2.10. The van der Waals surface area contributed by atoms with Crippen molar-refractivity contribution in [2.75, 3.05) is 13.4 Å². The van der Waals surface area contributed by atoms with E-state index in [0.717, 1.165) is 11.3 Å². The summed E-state index contributed by atoms with van der Waals surface area (Å²) in [6, 6.07) is 4.89. The number of aromatic nitrogens is 2. The average molecular weight is 366 g/mol. The van der Waals surface area contributed by atoms with Crippen molar-refractivity contribution in [2.24, 2.45) is 0 Å². The molecule has 0 aliphatic carbocycles. The molecule has 0 fully saturated rings. The molecule has 0 radical (unpaired) electrons. The zero-order valence-electron chi connectivity index (χ0n) is 12.9. The predicted molar refractivity (Wildman–Crippen MR) is 90.1 cm³/mol. The van der Waals surface area contributed by atoms with Gasteiger partial charge in [0, 0.05) is 18.5 Å². The number of esters is 1. The van der Waals surface area contributed by atoms with Crippen LogP contribution in [0.15, 0.2) is 30.6 Å². The Morgan fingerprint density at radius 1 is 1.42 bits per heavy atom. The molecule has 3 aromatic rings. The van der Waals surface area contributed by atoms with Crippen molar-refractivity contribution in [3.05, 3.63) is 41.0 Å². The molecular formula is C15H14N2O5S2. The lowest BCUT2D eigenvalue weighted by molar-refractivity contribution is 0.0603. The standard InChI is InChI=1S/C15H14N2O5S2/c1-22-15(19)14-11(18)5-12(23-14)10-6-16-13-4-3-9(7-17(10)13)8-24(2,20)21/h3-7,18H,8H2,1-2H3. The third-order valence-corrected chi connectivity index (χ3v) is 5.32. The number of nitrogens with zero attached hydrogens (tertiary/aromatic N) is 2. The van der Waals surface area contributed by atoms with E-state index in [2.05, 4.69) is 9.72 Å². The van der Waals surface area contributed by atoms with Gasteiger partial charge in [-0.2, -0.15) is 0 Å². The Bertz CT molecular complexity index is 1030. The minimum absolute atomic E-state index is 0.0797. The fourth-order valence-corrected chi connectivity index (χ4v) is 4.09. The molecule has 0 bridgehead atoms. The molecule has 0 amide bonds. The monoisotopic (exact) mass is 366 g/mol. The zero-order chi connectivity index (χ0) is 17.5. The van der Waals surface area contributed by atoms with Crippen molar-refractivity contribution in [1.82, 2.24) is 9.38 Å². The third-order valence-electron chi connectivity index (χ3n) is 3.33. The van der Waals surface area contributed by atoms with E-state index >= 15 is 0 Å². The summed E-state index contributed by atoms with van der Waals surface area (Å²) < 4.78 is 29.3. The summed E-state index contributed by atoms with van der Waals surface area (Å²) in [4.78, 5) is 16.6. The van der Waals surface area contributed by atoms with Gasteiger partial charge in [0.2, 0.25) is 0 Å². The molecule has 0 aromatic carbocycles. The largest absolute Gasteiger partial charge is 0.506 e. The van der Waals surface area contributed by atoms with E-state index < -0.39 is 15.8 Å². The van der Waals surface area contributed by atoms with Crippen molar-refractivity contribution < 1.29 is 23.1 Å². The van der Waals surface area contributed by atoms with E-state index in [1.807, 2.05) is 0 Å². The summed E-state index contributed by atoms with van der Waals surface area (Å²) >= 11 is 1.08. The topological polar surface area (TPSA) is 98.0 Å². The highest BCUT2D eigenvalue weighted by molar-refractivity contribution is 7.89. The van der Waals surface area contributed by atoms with Crippen LogP contribution in [0.1, 0.15) is 15.2 Å². The highest BCUT2D eigenvalue weighted by Gasteiger charge is 2.19. The van der Waals surface area contributed by atoms with Gasteiger partial charge in [0.05, 0.1) is 29.6 Å². The van der Waals surface area contributed by atoms with Gasteiger partial charge in [-0.05, 0) is 11.6 Å². The van der Waals surface area contributed by atoms with Gasteiger partial charge >= 0.3 is 5.97 Å². The van der Waals surface area contributed by atoms with Crippen LogP contribution in [0.4, 0.5) is 0 Å². The number of hydrogen-bond donors (Lipinski definition) is 1. The summed E-state index contributed by atoms with van der Waals surface area (Å²) in [6.07, 6.45) is 4.46. The van der Waals surface area contributed by atoms with Crippen molar-refractivity contribution >= 4 is 32.8 Å². The minimum atomic E-state index is -3.16. The second-order valence-electron chi connectivity index (χ2n) is 5.30. The summed E-state index contributed by atoms with van der Waals surface area (Å²) in [7, 11) is -1.91. The third kappa shape index (κ3) is 3.13. The molecule has 9 heteroatoms. The molecule has 3 heterocycles. The number of methoxy groups -OCH3 is 1. The summed E-state index contributed by atoms with van der Waals surface area (Å²) in [5.41, 5.74) is 1.91. The van der Waals surface area contributed by atoms with Crippen molar-refractivity contribution in [3.8, 4) is 16.3 Å². The smallest absolute Gasteiger partial charge is 0.351 e. The van der Waals surface area contributed by atoms with Crippen LogP contribution in [0.2, 0.25) is 0 Å². The number of thiophene rings is 1. The number of fused-ring (bicyclic) bond motifs is 1. The van der Waals surface area contributed by atoms with Crippen LogP contribution in [-0.4, -0.2) is 42.2 Å². The van der Waals surface area contributed by atoms with Crippen LogP contribution in [0, 0.1) is 0 Å². The molecule has 1 N–H and O–H groups in total. The Balaban J connectivity index is 2.10. The Kier molecular flexibility index (Phi) is 4.06. The number of carbonyl (C=O) groups is 1. The first-order valence-corrected chi connectivity index (χ1v) is 9.71. The molecule has 3 aromatic heterocycles. The number of rotatable bonds is 4. The fourth-order valence-electron chi connectivity index (χ4n) is 2.34. The molecule has 0 atom stereocenters. The first-order valence-electron chi connectivity index (χ1n) is 6.83. The van der Waals surface area contributed by atoms with E-state index in [1.54, 1.807) is 28.9 Å². The summed E-state index contributed by atoms with van der Waals surface area (Å²) in [6.45, 7) is 0. The van der Waals surface area contributed by atoms with E-state index in [9.17, 15) is 18.3 Å². The Morgan fingerprint density at radius 2 is 2.17 bits per heavy atom. The first-order chi connectivity index (χ1) is 11.3. The van der Waals surface area contributed by atoms with Crippen LogP contribution in [-0.2, 0) is 20.3 Å². The van der Waals surface area contributed by atoms with E-state index in [-0.39, 0.29) is 16.4 Å². The van der Waals surface area contributed by atoms with Gasteiger partial charge in [0.15, 0.2) is 14.7 Å².